The van der Waals surface area contributed by atoms with Crippen LogP contribution < -0.4 is 5.32 Å². The van der Waals surface area contributed by atoms with Crippen molar-refractivity contribution in [2.24, 2.45) is 0 Å². The predicted molar refractivity (Wildman–Crippen MR) is 80.4 cm³/mol. The first kappa shape index (κ1) is 14.4. The number of hydrogen-bond acceptors (Lipinski definition) is 4. The molecule has 0 spiro atoms. The van der Waals surface area contributed by atoms with E-state index in [1.165, 1.54) is 0 Å². The zero-order valence-electron chi connectivity index (χ0n) is 11.8. The number of nitrogens with one attached hydrogen (secondary N) is 1. The van der Waals surface area contributed by atoms with Crippen molar-refractivity contribution >= 4 is 0 Å². The van der Waals surface area contributed by atoms with Crippen LogP contribution in [0.5, 0.6) is 0 Å². The standard InChI is InChI=1S/C17H16N4/c1-2-21(14-19)17(20-13-18,15-9-5-3-6-10-15)16-11-7-4-8-12-16/h3-12,20H,2H2,1H3. The third-order valence-corrected chi connectivity index (χ3v) is 3.46. The molecule has 0 saturated heterocycles. The Hall–Kier alpha value is -2.98. The van der Waals surface area contributed by atoms with E-state index < -0.39 is 5.66 Å². The molecule has 0 atom stereocenters. The van der Waals surface area contributed by atoms with E-state index in [1.54, 1.807) is 4.90 Å². The Morgan fingerprint density at radius 2 is 1.43 bits per heavy atom. The van der Waals surface area contributed by atoms with Crippen molar-refractivity contribution in [1.29, 1.82) is 10.5 Å². The second-order valence-electron chi connectivity index (χ2n) is 4.52. The van der Waals surface area contributed by atoms with Gasteiger partial charge in [-0.25, -0.2) is 0 Å². The molecule has 0 aliphatic rings. The molecule has 4 nitrogen and oxygen atoms in total. The maximum Gasteiger partial charge on any atom is 0.181 e. The molecule has 2 aromatic rings. The fourth-order valence-corrected chi connectivity index (χ4v) is 2.51. The van der Waals surface area contributed by atoms with Gasteiger partial charge in [0.05, 0.1) is 0 Å². The number of nitriles is 2. The molecule has 0 bridgehead atoms. The molecule has 0 aromatic heterocycles. The monoisotopic (exact) mass is 276 g/mol. The van der Waals surface area contributed by atoms with Crippen molar-refractivity contribution < 1.29 is 0 Å². The smallest absolute Gasteiger partial charge is 0.181 e. The number of benzene rings is 2. The van der Waals surface area contributed by atoms with Crippen LogP contribution in [0, 0.1) is 22.9 Å². The Morgan fingerprint density at radius 1 is 0.952 bits per heavy atom. The van der Waals surface area contributed by atoms with Gasteiger partial charge < -0.3 is 0 Å². The van der Waals surface area contributed by atoms with Gasteiger partial charge in [0.15, 0.2) is 18.0 Å². The minimum absolute atomic E-state index is 0.481. The Balaban J connectivity index is 2.73. The van der Waals surface area contributed by atoms with E-state index >= 15 is 0 Å². The lowest BCUT2D eigenvalue weighted by Gasteiger charge is -2.40. The highest BCUT2D eigenvalue weighted by molar-refractivity contribution is 5.39. The summed E-state index contributed by atoms with van der Waals surface area (Å²) in [6, 6.07) is 19.1. The normalized spacial score (nSPS) is 10.2. The van der Waals surface area contributed by atoms with Gasteiger partial charge in [0.2, 0.25) is 0 Å². The zero-order valence-corrected chi connectivity index (χ0v) is 11.8. The van der Waals surface area contributed by atoms with E-state index in [0.717, 1.165) is 11.1 Å². The first-order valence-electron chi connectivity index (χ1n) is 6.74. The molecule has 0 fully saturated rings. The largest absolute Gasteiger partial charge is 0.291 e. The number of hydrogen-bond donors (Lipinski definition) is 1. The summed E-state index contributed by atoms with van der Waals surface area (Å²) >= 11 is 0. The molecule has 0 aliphatic carbocycles. The van der Waals surface area contributed by atoms with Gasteiger partial charge in [-0.15, -0.1) is 0 Å². The summed E-state index contributed by atoms with van der Waals surface area (Å²) in [6.45, 7) is 2.37. The maximum atomic E-state index is 9.54. The van der Waals surface area contributed by atoms with Crippen molar-refractivity contribution in [1.82, 2.24) is 10.2 Å². The fraction of sp³-hybridized carbons (Fsp3) is 0.176. The van der Waals surface area contributed by atoms with E-state index in [2.05, 4.69) is 11.5 Å². The van der Waals surface area contributed by atoms with Gasteiger partial charge >= 0.3 is 0 Å². The lowest BCUT2D eigenvalue weighted by molar-refractivity contribution is 0.184. The molecule has 2 rings (SSSR count). The second-order valence-corrected chi connectivity index (χ2v) is 4.52. The maximum absolute atomic E-state index is 9.54. The molecule has 2 aromatic carbocycles. The van der Waals surface area contributed by atoms with Gasteiger partial charge in [0, 0.05) is 17.7 Å². The van der Waals surface area contributed by atoms with E-state index in [1.807, 2.05) is 73.8 Å². The van der Waals surface area contributed by atoms with E-state index in [9.17, 15) is 10.5 Å². The summed E-state index contributed by atoms with van der Waals surface area (Å²) in [4.78, 5) is 1.57. The van der Waals surface area contributed by atoms with Gasteiger partial charge in [0.1, 0.15) is 0 Å². The zero-order chi connectivity index (χ0) is 15.1. The summed E-state index contributed by atoms with van der Waals surface area (Å²) in [7, 11) is 0. The Bertz CT molecular complexity index is 613. The Kier molecular flexibility index (Phi) is 4.43. The number of nitrogens with zero attached hydrogens (tertiary/aromatic N) is 3. The summed E-state index contributed by atoms with van der Waals surface area (Å²) in [6.07, 6.45) is 4.21. The summed E-state index contributed by atoms with van der Waals surface area (Å²) in [5, 5.41) is 21.6. The predicted octanol–water partition coefficient (Wildman–Crippen LogP) is 2.76. The summed E-state index contributed by atoms with van der Waals surface area (Å²) in [5.74, 6) is 0. The minimum atomic E-state index is -0.985. The van der Waals surface area contributed by atoms with Crippen molar-refractivity contribution in [2.75, 3.05) is 6.54 Å². The van der Waals surface area contributed by atoms with Gasteiger partial charge in [-0.05, 0) is 6.92 Å². The van der Waals surface area contributed by atoms with E-state index in [-0.39, 0.29) is 0 Å². The van der Waals surface area contributed by atoms with E-state index in [0.29, 0.717) is 6.54 Å². The first-order chi connectivity index (χ1) is 10.3. The molecule has 21 heavy (non-hydrogen) atoms. The van der Waals surface area contributed by atoms with Crippen LogP contribution in [0.3, 0.4) is 0 Å². The van der Waals surface area contributed by atoms with Crippen LogP contribution >= 0.6 is 0 Å². The van der Waals surface area contributed by atoms with Gasteiger partial charge in [0.25, 0.3) is 0 Å². The molecule has 104 valence electrons. The molecular weight excluding hydrogens is 260 g/mol. The molecule has 0 saturated carbocycles. The van der Waals surface area contributed by atoms with Crippen LogP contribution in [-0.2, 0) is 5.66 Å². The van der Waals surface area contributed by atoms with Gasteiger partial charge in [-0.1, -0.05) is 60.7 Å². The summed E-state index contributed by atoms with van der Waals surface area (Å²) < 4.78 is 0. The van der Waals surface area contributed by atoms with Crippen LogP contribution in [0.2, 0.25) is 0 Å². The van der Waals surface area contributed by atoms with Crippen LogP contribution in [0.4, 0.5) is 0 Å². The highest BCUT2D eigenvalue weighted by Gasteiger charge is 2.39. The molecule has 0 heterocycles. The quantitative estimate of drug-likeness (QED) is 0.518. The molecule has 0 unspecified atom stereocenters. The molecule has 1 N–H and O–H groups in total. The lowest BCUT2D eigenvalue weighted by atomic mass is 9.89. The van der Waals surface area contributed by atoms with Crippen LogP contribution in [0.1, 0.15) is 18.1 Å². The highest BCUT2D eigenvalue weighted by Crippen LogP contribution is 2.32. The van der Waals surface area contributed by atoms with Crippen molar-refractivity contribution in [3.8, 4) is 12.4 Å². The lowest BCUT2D eigenvalue weighted by Crippen LogP contribution is -2.53. The van der Waals surface area contributed by atoms with Gasteiger partial charge in [-0.3, -0.25) is 10.2 Å². The molecule has 4 heteroatoms. The van der Waals surface area contributed by atoms with Crippen LogP contribution in [0.15, 0.2) is 60.7 Å². The molecular formula is C17H16N4. The first-order valence-corrected chi connectivity index (χ1v) is 6.74. The molecule has 0 amide bonds. The topological polar surface area (TPSA) is 62.9 Å². The second kappa shape index (κ2) is 6.45. The average molecular weight is 276 g/mol. The third kappa shape index (κ3) is 2.52. The average Bonchev–Trinajstić information content (AvgIpc) is 2.56. The molecule has 0 aliphatic heterocycles. The van der Waals surface area contributed by atoms with Gasteiger partial charge in [-0.2, -0.15) is 10.5 Å². The van der Waals surface area contributed by atoms with Crippen molar-refractivity contribution in [3.63, 3.8) is 0 Å². The highest BCUT2D eigenvalue weighted by atomic mass is 15.3. The minimum Gasteiger partial charge on any atom is -0.291 e. The van der Waals surface area contributed by atoms with Crippen molar-refractivity contribution in [2.45, 2.75) is 12.6 Å². The fourth-order valence-electron chi connectivity index (χ4n) is 2.51. The Morgan fingerprint density at radius 3 is 1.76 bits per heavy atom. The Labute approximate surface area is 124 Å². The number of rotatable bonds is 5. The third-order valence-electron chi connectivity index (χ3n) is 3.46. The SMILES string of the molecule is CCN(C#N)C(NC#N)(c1ccccc1)c1ccccc1. The van der Waals surface area contributed by atoms with Crippen LogP contribution in [-0.4, -0.2) is 11.4 Å². The molecule has 0 radical (unpaired) electrons. The van der Waals surface area contributed by atoms with Crippen LogP contribution in [0.25, 0.3) is 0 Å². The summed E-state index contributed by atoms with van der Waals surface area (Å²) in [5.41, 5.74) is 0.711. The van der Waals surface area contributed by atoms with E-state index in [4.69, 9.17) is 0 Å². The van der Waals surface area contributed by atoms with Crippen molar-refractivity contribution in [3.05, 3.63) is 71.8 Å².